The highest BCUT2D eigenvalue weighted by Crippen LogP contribution is 2.55. The molecule has 0 radical (unpaired) electrons. The fourth-order valence-electron chi connectivity index (χ4n) is 11.1. The first-order valence-corrected chi connectivity index (χ1v) is 23.4. The van der Waals surface area contributed by atoms with Gasteiger partial charge in [0.1, 0.15) is 29.7 Å². The largest absolute Gasteiger partial charge is 0.490 e. The zero-order valence-corrected chi connectivity index (χ0v) is 39.6. The number of methoxy groups -OCH3 is 1. The lowest BCUT2D eigenvalue weighted by Gasteiger charge is -2.63. The molecule has 4 fully saturated rings. The molecule has 1 aromatic heterocycles. The van der Waals surface area contributed by atoms with Crippen LogP contribution >= 0.6 is 0 Å². The van der Waals surface area contributed by atoms with Gasteiger partial charge >= 0.3 is 0 Å². The van der Waals surface area contributed by atoms with Crippen molar-refractivity contribution >= 4 is 35.5 Å². The van der Waals surface area contributed by atoms with Crippen molar-refractivity contribution in [3.05, 3.63) is 76.1 Å². The Morgan fingerprint density at radius 3 is 2.21 bits per heavy atom. The number of carbonyl (C=O) groups is 5. The van der Waals surface area contributed by atoms with Gasteiger partial charge in [-0.3, -0.25) is 39.1 Å². The lowest BCUT2D eigenvalue weighted by Crippen LogP contribution is -2.74. The highest BCUT2D eigenvalue weighted by Gasteiger charge is 2.64. The van der Waals surface area contributed by atoms with Gasteiger partial charge in [0.15, 0.2) is 0 Å². The van der Waals surface area contributed by atoms with Gasteiger partial charge in [-0.2, -0.15) is 5.26 Å². The summed E-state index contributed by atoms with van der Waals surface area (Å²) in [7, 11) is 1.65. The van der Waals surface area contributed by atoms with Crippen molar-refractivity contribution in [2.45, 2.75) is 110 Å². The maximum atomic E-state index is 13.6. The maximum Gasteiger partial charge on any atom is 0.262 e. The summed E-state index contributed by atoms with van der Waals surface area (Å²) >= 11 is 0. The molecule has 3 aromatic rings. The van der Waals surface area contributed by atoms with E-state index in [1.807, 2.05) is 26.0 Å². The van der Waals surface area contributed by atoms with Gasteiger partial charge in [-0.15, -0.1) is 0 Å². The first kappa shape index (κ1) is 47.5. The summed E-state index contributed by atoms with van der Waals surface area (Å²) in [6.07, 6.45) is 6.61. The normalized spacial score (nSPS) is 24.4. The van der Waals surface area contributed by atoms with E-state index in [1.165, 1.54) is 0 Å². The van der Waals surface area contributed by atoms with Crippen LogP contribution in [-0.4, -0.2) is 133 Å². The average molecular weight is 919 g/mol. The smallest absolute Gasteiger partial charge is 0.262 e. The number of carbonyl (C=O) groups excluding carboxylic acids is 5. The first-order chi connectivity index (χ1) is 32.0. The Hall–Kier alpha value is -5.96. The van der Waals surface area contributed by atoms with Crippen LogP contribution in [0.1, 0.15) is 114 Å². The minimum Gasteiger partial charge on any atom is -0.490 e. The highest BCUT2D eigenvalue weighted by atomic mass is 16.5. The summed E-state index contributed by atoms with van der Waals surface area (Å²) < 4.78 is 23.9. The number of benzene rings is 2. The molecule has 4 heterocycles. The van der Waals surface area contributed by atoms with Crippen molar-refractivity contribution in [2.24, 2.45) is 16.7 Å². The molecule has 17 nitrogen and oxygen atoms in total. The number of piperidine rings is 2. The molecule has 5 amide bonds. The Morgan fingerprint density at radius 2 is 1.57 bits per heavy atom. The van der Waals surface area contributed by atoms with Crippen LogP contribution < -0.4 is 25.0 Å². The van der Waals surface area contributed by atoms with E-state index in [1.54, 1.807) is 37.7 Å². The number of amides is 5. The number of fused-ring (bicyclic) bond motifs is 1. The second-order valence-corrected chi connectivity index (χ2v) is 19.9. The monoisotopic (exact) mass is 918 g/mol. The Balaban J connectivity index is 0.820. The van der Waals surface area contributed by atoms with Gasteiger partial charge in [0.2, 0.25) is 17.8 Å². The van der Waals surface area contributed by atoms with E-state index in [-0.39, 0.29) is 65.0 Å². The number of aryl methyl sites for hydroxylation is 2. The van der Waals surface area contributed by atoms with Crippen molar-refractivity contribution in [3.8, 4) is 17.6 Å². The van der Waals surface area contributed by atoms with Crippen LogP contribution in [0.5, 0.6) is 11.5 Å². The zero-order valence-electron chi connectivity index (χ0n) is 39.6. The molecule has 5 aliphatic rings. The second kappa shape index (κ2) is 19.3. The van der Waals surface area contributed by atoms with Crippen molar-refractivity contribution in [1.29, 1.82) is 5.26 Å². The number of nitriles is 1. The molecular weight excluding hydrogens is 857 g/mol. The van der Waals surface area contributed by atoms with Crippen molar-refractivity contribution < 1.29 is 42.9 Å². The quantitative estimate of drug-likeness (QED) is 0.138. The summed E-state index contributed by atoms with van der Waals surface area (Å²) in [5.74, 6) is -0.142. The molecule has 3 aliphatic heterocycles. The van der Waals surface area contributed by atoms with Crippen molar-refractivity contribution in [1.82, 2.24) is 30.4 Å². The molecule has 2 N–H and O–H groups in total. The van der Waals surface area contributed by atoms with Gasteiger partial charge in [0.25, 0.3) is 17.7 Å². The topological polar surface area (TPSA) is 206 Å². The molecule has 2 saturated heterocycles. The molecule has 2 aromatic carbocycles. The molecule has 356 valence electrons. The molecule has 17 heteroatoms. The summed E-state index contributed by atoms with van der Waals surface area (Å²) in [6, 6.07) is 10.0. The molecule has 1 atom stereocenters. The fraction of sp³-hybridized carbons (Fsp3) is 0.560. The van der Waals surface area contributed by atoms with Gasteiger partial charge in [0.05, 0.1) is 48.1 Å². The number of hydrogen-bond donors (Lipinski definition) is 2. The third kappa shape index (κ3) is 9.61. The van der Waals surface area contributed by atoms with Gasteiger partial charge in [-0.25, -0.2) is 9.97 Å². The van der Waals surface area contributed by atoms with E-state index < -0.39 is 29.7 Å². The van der Waals surface area contributed by atoms with Crippen molar-refractivity contribution in [3.63, 3.8) is 0 Å². The van der Waals surface area contributed by atoms with Crippen LogP contribution in [0.15, 0.2) is 42.7 Å². The minimum absolute atomic E-state index is 0.0599. The number of anilines is 1. The number of ether oxygens (including phenoxy) is 4. The molecular formula is C50H62N8O9. The van der Waals surface area contributed by atoms with E-state index in [2.05, 4.69) is 64.2 Å². The number of rotatable bonds is 17. The molecule has 8 rings (SSSR count). The molecule has 0 spiro atoms. The zero-order chi connectivity index (χ0) is 47.8. The third-order valence-corrected chi connectivity index (χ3v) is 14.5. The maximum absolute atomic E-state index is 13.6. The van der Waals surface area contributed by atoms with Crippen LogP contribution in [0.3, 0.4) is 0 Å². The summed E-state index contributed by atoms with van der Waals surface area (Å²) in [5.41, 5.74) is 2.48. The van der Waals surface area contributed by atoms with Crippen LogP contribution in [-0.2, 0) is 19.1 Å². The number of imide groups is 2. The number of nitrogens with one attached hydrogen (secondary N) is 2. The van der Waals surface area contributed by atoms with Crippen LogP contribution in [0, 0.1) is 41.9 Å². The van der Waals surface area contributed by atoms with E-state index in [9.17, 15) is 29.2 Å². The number of aromatic nitrogens is 2. The van der Waals surface area contributed by atoms with Crippen LogP contribution in [0.4, 0.5) is 5.95 Å². The third-order valence-electron chi connectivity index (χ3n) is 14.5. The van der Waals surface area contributed by atoms with E-state index in [0.717, 1.165) is 73.6 Å². The van der Waals surface area contributed by atoms with Gasteiger partial charge in [0, 0.05) is 87.9 Å². The van der Waals surface area contributed by atoms with Crippen LogP contribution in [0.25, 0.3) is 0 Å². The summed E-state index contributed by atoms with van der Waals surface area (Å²) in [6.45, 7) is 17.1. The molecule has 2 saturated carbocycles. The van der Waals surface area contributed by atoms with E-state index in [4.69, 9.17) is 18.9 Å². The van der Waals surface area contributed by atoms with Gasteiger partial charge in [-0.05, 0) is 80.5 Å². The Labute approximate surface area is 391 Å². The Kier molecular flexibility index (Phi) is 13.7. The lowest BCUT2D eigenvalue weighted by molar-refractivity contribution is -0.164. The van der Waals surface area contributed by atoms with Gasteiger partial charge in [-0.1, -0.05) is 27.7 Å². The van der Waals surface area contributed by atoms with E-state index in [0.29, 0.717) is 48.6 Å². The predicted molar refractivity (Wildman–Crippen MR) is 246 cm³/mol. The summed E-state index contributed by atoms with van der Waals surface area (Å²) in [4.78, 5) is 79.2. The first-order valence-electron chi connectivity index (χ1n) is 23.4. The number of nitrogens with zero attached hydrogens (tertiary/aromatic N) is 6. The minimum atomic E-state index is -1.02. The SMILES string of the molecule is COCCOCCN(CC1CCN(c2ncc(C(=O)NC3C(C)(C)C(Oc4cc(C)c(C#N)c(C)c4)C3(C)C)cn2)CC1)C1CC(Oc2ccc3c(c2)C(=O)N([C@@H]2CCC(=O)NC2=O)C3=O)C1. The molecule has 0 bridgehead atoms. The highest BCUT2D eigenvalue weighted by molar-refractivity contribution is 6.23. The number of hydrogen-bond acceptors (Lipinski definition) is 14. The molecule has 0 unspecified atom stereocenters. The average Bonchev–Trinajstić information content (AvgIpc) is 3.52. The van der Waals surface area contributed by atoms with Gasteiger partial charge < -0.3 is 29.2 Å². The van der Waals surface area contributed by atoms with Crippen LogP contribution in [0.2, 0.25) is 0 Å². The lowest BCUT2D eigenvalue weighted by atomic mass is 9.49. The molecule has 67 heavy (non-hydrogen) atoms. The summed E-state index contributed by atoms with van der Waals surface area (Å²) in [5, 5.41) is 15.0. The Bertz CT molecular complexity index is 2400. The fourth-order valence-corrected chi connectivity index (χ4v) is 11.1. The Morgan fingerprint density at radius 1 is 0.896 bits per heavy atom. The predicted octanol–water partition coefficient (Wildman–Crippen LogP) is 4.77. The van der Waals surface area contributed by atoms with Crippen molar-refractivity contribution in [2.75, 3.05) is 58.0 Å². The molecule has 2 aliphatic carbocycles. The van der Waals surface area contributed by atoms with E-state index >= 15 is 0 Å². The standard InChI is InChI=1S/C50H62N8O9/c1-29-20-35(21-30(2)39(29)25-51)67-47-49(3,4)46(50(47,5)6)55-42(60)32-26-52-48(53-27-32)56-14-12-31(13-15-56)28-57(16-17-65-19-18-64-7)33-22-36(23-33)66-34-8-9-37-38(24-34)45(63)58(44(37)62)40-10-11-41(59)54-43(40)61/h8-9,20-21,24,26-27,31,33,36,40,46-47H,10-19,22-23,28H2,1-7H3,(H,55,60)(H,54,59,61)/t33?,36?,40-,46?,47?/m1/s1. The second-order valence-electron chi connectivity index (χ2n) is 19.9.